The lowest BCUT2D eigenvalue weighted by atomic mass is 10.2. The van der Waals surface area contributed by atoms with E-state index in [2.05, 4.69) is 9.84 Å². The van der Waals surface area contributed by atoms with Gasteiger partial charge in [-0.1, -0.05) is 18.2 Å². The van der Waals surface area contributed by atoms with Crippen LogP contribution in [0, 0.1) is 0 Å². The van der Waals surface area contributed by atoms with Crippen LogP contribution in [0.4, 0.5) is 0 Å². The number of carbonyl (C=O) groups excluding carboxylic acids is 2. The molecule has 0 aliphatic carbocycles. The molecule has 20 heavy (non-hydrogen) atoms. The molecule has 106 valence electrons. The first-order chi connectivity index (χ1) is 9.63. The molecule has 0 saturated carbocycles. The SMILES string of the molecule is COC(=O)CCCCn1nc(C(N)=O)c2ccccc21. The fourth-order valence-corrected chi connectivity index (χ4v) is 2.11. The van der Waals surface area contributed by atoms with E-state index in [-0.39, 0.29) is 11.7 Å². The summed E-state index contributed by atoms with van der Waals surface area (Å²) in [6.07, 6.45) is 1.88. The number of fused-ring (bicyclic) bond motifs is 1. The molecule has 0 atom stereocenters. The number of aromatic nitrogens is 2. The van der Waals surface area contributed by atoms with Crippen LogP contribution in [0.15, 0.2) is 24.3 Å². The number of nitrogens with two attached hydrogens (primary N) is 1. The highest BCUT2D eigenvalue weighted by molar-refractivity contribution is 6.04. The molecule has 0 saturated heterocycles. The largest absolute Gasteiger partial charge is 0.469 e. The van der Waals surface area contributed by atoms with Gasteiger partial charge in [-0.3, -0.25) is 14.3 Å². The minimum absolute atomic E-state index is 0.215. The topological polar surface area (TPSA) is 87.2 Å². The third-order valence-corrected chi connectivity index (χ3v) is 3.12. The molecule has 0 aliphatic rings. The second kappa shape index (κ2) is 6.18. The average molecular weight is 275 g/mol. The van der Waals surface area contributed by atoms with Crippen LogP contribution in [0.1, 0.15) is 29.8 Å². The van der Waals surface area contributed by atoms with Crippen LogP contribution in [-0.2, 0) is 16.1 Å². The Bertz CT molecular complexity index is 634. The van der Waals surface area contributed by atoms with Gasteiger partial charge in [0.25, 0.3) is 5.91 Å². The van der Waals surface area contributed by atoms with Gasteiger partial charge in [0.1, 0.15) is 0 Å². The lowest BCUT2D eigenvalue weighted by Crippen LogP contribution is -2.13. The Labute approximate surface area is 116 Å². The van der Waals surface area contributed by atoms with Gasteiger partial charge < -0.3 is 10.5 Å². The second-order valence-corrected chi connectivity index (χ2v) is 4.49. The van der Waals surface area contributed by atoms with Crippen LogP contribution in [0.5, 0.6) is 0 Å². The van der Waals surface area contributed by atoms with Gasteiger partial charge in [0, 0.05) is 18.4 Å². The molecule has 0 radical (unpaired) electrons. The Morgan fingerprint density at radius 1 is 1.30 bits per heavy atom. The van der Waals surface area contributed by atoms with Crippen molar-refractivity contribution in [2.24, 2.45) is 5.73 Å². The van der Waals surface area contributed by atoms with Gasteiger partial charge >= 0.3 is 5.97 Å². The Morgan fingerprint density at radius 3 is 2.75 bits per heavy atom. The van der Waals surface area contributed by atoms with E-state index in [4.69, 9.17) is 5.73 Å². The first-order valence-electron chi connectivity index (χ1n) is 6.45. The number of rotatable bonds is 6. The van der Waals surface area contributed by atoms with Gasteiger partial charge in [-0.15, -0.1) is 0 Å². The molecular formula is C14H17N3O3. The summed E-state index contributed by atoms with van der Waals surface area (Å²) < 4.78 is 6.34. The molecule has 0 unspecified atom stereocenters. The van der Waals surface area contributed by atoms with Gasteiger partial charge in [-0.25, -0.2) is 0 Å². The van der Waals surface area contributed by atoms with E-state index in [1.54, 1.807) is 4.68 Å². The fourth-order valence-electron chi connectivity index (χ4n) is 2.11. The molecule has 6 nitrogen and oxygen atoms in total. The van der Waals surface area contributed by atoms with Crippen molar-refractivity contribution in [3.63, 3.8) is 0 Å². The highest BCUT2D eigenvalue weighted by Gasteiger charge is 2.13. The number of hydrogen-bond acceptors (Lipinski definition) is 4. The summed E-state index contributed by atoms with van der Waals surface area (Å²) >= 11 is 0. The Hall–Kier alpha value is -2.37. The standard InChI is InChI=1S/C14H17N3O3/c1-20-12(18)8-4-5-9-17-11-7-3-2-6-10(11)13(16-17)14(15)19/h2-3,6-7H,4-5,8-9H2,1H3,(H2,15,19). The van der Waals surface area contributed by atoms with Crippen LogP contribution >= 0.6 is 0 Å². The van der Waals surface area contributed by atoms with E-state index < -0.39 is 5.91 Å². The van der Waals surface area contributed by atoms with E-state index in [0.717, 1.165) is 17.3 Å². The number of hydrogen-bond donors (Lipinski definition) is 1. The summed E-state index contributed by atoms with van der Waals surface area (Å²) in [5.41, 5.74) is 6.49. The Morgan fingerprint density at radius 2 is 2.05 bits per heavy atom. The first kappa shape index (κ1) is 14.0. The minimum atomic E-state index is -0.533. The monoisotopic (exact) mass is 275 g/mol. The molecule has 2 aromatic rings. The summed E-state index contributed by atoms with van der Waals surface area (Å²) in [6.45, 7) is 0.630. The fraction of sp³-hybridized carbons (Fsp3) is 0.357. The van der Waals surface area contributed by atoms with Crippen molar-refractivity contribution < 1.29 is 14.3 Å². The molecule has 2 N–H and O–H groups in total. The van der Waals surface area contributed by atoms with Crippen molar-refractivity contribution in [1.29, 1.82) is 0 Å². The van der Waals surface area contributed by atoms with E-state index in [9.17, 15) is 9.59 Å². The van der Waals surface area contributed by atoms with Crippen LogP contribution in [-0.4, -0.2) is 28.8 Å². The molecule has 1 heterocycles. The molecule has 1 aromatic carbocycles. The lowest BCUT2D eigenvalue weighted by Gasteiger charge is -2.03. The van der Waals surface area contributed by atoms with Gasteiger partial charge in [0.15, 0.2) is 5.69 Å². The molecule has 0 spiro atoms. The number of esters is 1. The normalized spacial score (nSPS) is 10.7. The molecule has 1 aromatic heterocycles. The summed E-state index contributed by atoms with van der Waals surface area (Å²) in [7, 11) is 1.38. The Kier molecular flexibility index (Phi) is 4.34. The number of para-hydroxylation sites is 1. The van der Waals surface area contributed by atoms with Crippen molar-refractivity contribution in [1.82, 2.24) is 9.78 Å². The summed E-state index contributed by atoms with van der Waals surface area (Å²) in [5.74, 6) is -0.748. The zero-order valence-corrected chi connectivity index (χ0v) is 11.3. The molecule has 0 fully saturated rings. The van der Waals surface area contributed by atoms with E-state index in [1.807, 2.05) is 24.3 Å². The number of carbonyl (C=O) groups is 2. The third-order valence-electron chi connectivity index (χ3n) is 3.12. The number of amides is 1. The number of nitrogens with zero attached hydrogens (tertiary/aromatic N) is 2. The zero-order chi connectivity index (χ0) is 14.5. The van der Waals surface area contributed by atoms with Gasteiger partial charge in [-0.05, 0) is 18.9 Å². The Balaban J connectivity index is 2.10. The highest BCUT2D eigenvalue weighted by Crippen LogP contribution is 2.18. The number of aryl methyl sites for hydroxylation is 1. The van der Waals surface area contributed by atoms with Crippen LogP contribution < -0.4 is 5.73 Å². The zero-order valence-electron chi connectivity index (χ0n) is 11.3. The van der Waals surface area contributed by atoms with Crippen molar-refractivity contribution >= 4 is 22.8 Å². The van der Waals surface area contributed by atoms with Gasteiger partial charge in [-0.2, -0.15) is 5.10 Å². The molecule has 6 heteroatoms. The maximum absolute atomic E-state index is 11.4. The summed E-state index contributed by atoms with van der Waals surface area (Å²) in [6, 6.07) is 7.46. The molecule has 0 bridgehead atoms. The molecule has 0 aliphatic heterocycles. The van der Waals surface area contributed by atoms with Gasteiger partial charge in [0.2, 0.25) is 0 Å². The van der Waals surface area contributed by atoms with E-state index in [1.165, 1.54) is 7.11 Å². The number of unbranched alkanes of at least 4 members (excludes halogenated alkanes) is 1. The molecular weight excluding hydrogens is 258 g/mol. The van der Waals surface area contributed by atoms with Crippen LogP contribution in [0.25, 0.3) is 10.9 Å². The number of methoxy groups -OCH3 is 1. The number of primary amides is 1. The third kappa shape index (κ3) is 2.96. The van der Waals surface area contributed by atoms with Crippen molar-refractivity contribution in [2.45, 2.75) is 25.8 Å². The van der Waals surface area contributed by atoms with Crippen molar-refractivity contribution in [3.05, 3.63) is 30.0 Å². The predicted octanol–water partition coefficient (Wildman–Crippen LogP) is 1.48. The van der Waals surface area contributed by atoms with Crippen molar-refractivity contribution in [2.75, 3.05) is 7.11 Å². The quantitative estimate of drug-likeness (QED) is 0.639. The average Bonchev–Trinajstić information content (AvgIpc) is 2.82. The first-order valence-corrected chi connectivity index (χ1v) is 6.45. The van der Waals surface area contributed by atoms with Crippen molar-refractivity contribution in [3.8, 4) is 0 Å². The maximum atomic E-state index is 11.4. The number of benzene rings is 1. The number of ether oxygens (including phenoxy) is 1. The van der Waals surface area contributed by atoms with Crippen LogP contribution in [0.3, 0.4) is 0 Å². The maximum Gasteiger partial charge on any atom is 0.305 e. The second-order valence-electron chi connectivity index (χ2n) is 4.49. The minimum Gasteiger partial charge on any atom is -0.469 e. The van der Waals surface area contributed by atoms with Gasteiger partial charge in [0.05, 0.1) is 12.6 Å². The predicted molar refractivity (Wildman–Crippen MR) is 74.1 cm³/mol. The van der Waals surface area contributed by atoms with Crippen LogP contribution in [0.2, 0.25) is 0 Å². The summed E-state index contributed by atoms with van der Waals surface area (Å²) in [4.78, 5) is 22.4. The van der Waals surface area contributed by atoms with E-state index >= 15 is 0 Å². The summed E-state index contributed by atoms with van der Waals surface area (Å²) in [5, 5.41) is 5.01. The van der Waals surface area contributed by atoms with E-state index in [0.29, 0.717) is 19.4 Å². The smallest absolute Gasteiger partial charge is 0.305 e. The highest BCUT2D eigenvalue weighted by atomic mass is 16.5. The molecule has 1 amide bonds. The lowest BCUT2D eigenvalue weighted by molar-refractivity contribution is -0.140. The molecule has 2 rings (SSSR count).